The lowest BCUT2D eigenvalue weighted by Crippen LogP contribution is -2.02. The van der Waals surface area contributed by atoms with E-state index in [9.17, 15) is 9.59 Å². The predicted molar refractivity (Wildman–Crippen MR) is 126 cm³/mol. The van der Waals surface area contributed by atoms with Crippen molar-refractivity contribution >= 4 is 17.8 Å². The molecule has 0 heterocycles. The number of benzene rings is 1. The average molecular weight is 431 g/mol. The zero-order valence-corrected chi connectivity index (χ0v) is 19.4. The van der Waals surface area contributed by atoms with Gasteiger partial charge in [-0.2, -0.15) is 0 Å². The van der Waals surface area contributed by atoms with Gasteiger partial charge in [-0.3, -0.25) is 4.79 Å². The van der Waals surface area contributed by atoms with Gasteiger partial charge in [-0.25, -0.2) is 4.79 Å². The first-order chi connectivity index (χ1) is 15.0. The third kappa shape index (κ3) is 12.0. The molecule has 1 aromatic carbocycles. The summed E-state index contributed by atoms with van der Waals surface area (Å²) in [6.45, 7) is 11.0. The number of allylic oxidation sites excluding steroid dienone is 1. The third-order valence-electron chi connectivity index (χ3n) is 4.66. The highest BCUT2D eigenvalue weighted by Crippen LogP contribution is 2.29. The summed E-state index contributed by atoms with van der Waals surface area (Å²) in [4.78, 5) is 23.4. The summed E-state index contributed by atoms with van der Waals surface area (Å²) in [5, 5.41) is 0. The molecular formula is C26H38O5. The van der Waals surface area contributed by atoms with Crippen LogP contribution in [0, 0.1) is 0 Å². The fraction of sp³-hybridized carbons (Fsp3) is 0.538. The van der Waals surface area contributed by atoms with Crippen LogP contribution in [0.5, 0.6) is 11.5 Å². The van der Waals surface area contributed by atoms with Crippen molar-refractivity contribution in [3.8, 4) is 11.5 Å². The predicted octanol–water partition coefficient (Wildman–Crippen LogP) is 6.31. The Kier molecular flexibility index (Phi) is 13.8. The summed E-state index contributed by atoms with van der Waals surface area (Å²) in [6, 6.07) is 5.61. The summed E-state index contributed by atoms with van der Waals surface area (Å²) in [6.07, 6.45) is 10.7. The van der Waals surface area contributed by atoms with Crippen molar-refractivity contribution in [2.45, 2.75) is 72.1 Å². The highest BCUT2D eigenvalue weighted by Gasteiger charge is 2.06. The van der Waals surface area contributed by atoms with Gasteiger partial charge in [0.15, 0.2) is 17.3 Å². The molecule has 0 atom stereocenters. The minimum atomic E-state index is -0.344. The third-order valence-corrected chi connectivity index (χ3v) is 4.66. The van der Waals surface area contributed by atoms with Crippen LogP contribution in [0.1, 0.15) is 77.7 Å². The molecule has 1 aromatic rings. The molecule has 31 heavy (non-hydrogen) atoms. The second-order valence-electron chi connectivity index (χ2n) is 7.56. The van der Waals surface area contributed by atoms with Crippen molar-refractivity contribution in [3.63, 3.8) is 0 Å². The largest absolute Gasteiger partial charge is 0.490 e. The van der Waals surface area contributed by atoms with Gasteiger partial charge in [0.05, 0.1) is 19.8 Å². The first-order valence-corrected chi connectivity index (χ1v) is 11.4. The van der Waals surface area contributed by atoms with E-state index in [1.54, 1.807) is 13.0 Å². The normalized spacial score (nSPS) is 10.8. The van der Waals surface area contributed by atoms with Gasteiger partial charge in [0.1, 0.15) is 0 Å². The molecule has 5 nitrogen and oxygen atoms in total. The second kappa shape index (κ2) is 16.2. The maximum atomic E-state index is 11.9. The van der Waals surface area contributed by atoms with Crippen molar-refractivity contribution in [3.05, 3.63) is 42.0 Å². The molecule has 0 unspecified atom stereocenters. The van der Waals surface area contributed by atoms with Crippen molar-refractivity contribution < 1.29 is 23.8 Å². The molecule has 0 aliphatic rings. The Hall–Kier alpha value is -2.56. The van der Waals surface area contributed by atoms with Crippen LogP contribution in [0.2, 0.25) is 0 Å². The molecule has 0 saturated heterocycles. The molecule has 0 amide bonds. The number of esters is 1. The van der Waals surface area contributed by atoms with Crippen molar-refractivity contribution in [2.24, 2.45) is 0 Å². The number of carbonyl (C=O) groups is 2. The maximum Gasteiger partial charge on any atom is 0.330 e. The van der Waals surface area contributed by atoms with Gasteiger partial charge >= 0.3 is 5.97 Å². The first kappa shape index (κ1) is 26.5. The van der Waals surface area contributed by atoms with Gasteiger partial charge in [0.2, 0.25) is 0 Å². The Labute approximate surface area is 187 Å². The van der Waals surface area contributed by atoms with Crippen LogP contribution in [0.25, 0.3) is 6.08 Å². The quantitative estimate of drug-likeness (QED) is 0.165. The highest BCUT2D eigenvalue weighted by molar-refractivity contribution is 5.94. The van der Waals surface area contributed by atoms with Crippen molar-refractivity contribution in [1.29, 1.82) is 0 Å². The number of unbranched alkanes of at least 4 members (excludes halogenated alkanes) is 5. The lowest BCUT2D eigenvalue weighted by molar-refractivity contribution is -0.137. The number of hydrogen-bond donors (Lipinski definition) is 0. The van der Waals surface area contributed by atoms with Crippen LogP contribution in [0.3, 0.4) is 0 Å². The summed E-state index contributed by atoms with van der Waals surface area (Å²) >= 11 is 0. The van der Waals surface area contributed by atoms with Gasteiger partial charge < -0.3 is 14.2 Å². The van der Waals surface area contributed by atoms with Gasteiger partial charge in [-0.1, -0.05) is 45.3 Å². The minimum absolute atomic E-state index is 0.162. The van der Waals surface area contributed by atoms with Gasteiger partial charge in [-0.05, 0) is 62.5 Å². The van der Waals surface area contributed by atoms with E-state index < -0.39 is 0 Å². The Bertz CT molecular complexity index is 721. The number of rotatable bonds is 17. The molecule has 0 spiro atoms. The molecule has 0 aliphatic heterocycles. The molecule has 1 rings (SSSR count). The number of carbonyl (C=O) groups excluding carboxylic acids is 2. The van der Waals surface area contributed by atoms with E-state index >= 15 is 0 Å². The minimum Gasteiger partial charge on any atom is -0.490 e. The molecule has 0 N–H and O–H groups in total. The summed E-state index contributed by atoms with van der Waals surface area (Å²) in [7, 11) is 0. The van der Waals surface area contributed by atoms with E-state index in [0.29, 0.717) is 43.3 Å². The molecule has 0 aromatic heterocycles. The van der Waals surface area contributed by atoms with E-state index in [0.717, 1.165) is 50.5 Å². The zero-order chi connectivity index (χ0) is 22.9. The molecule has 0 fully saturated rings. The molecule has 5 heteroatoms. The van der Waals surface area contributed by atoms with Crippen LogP contribution < -0.4 is 9.47 Å². The lowest BCUT2D eigenvalue weighted by Gasteiger charge is -2.12. The Morgan fingerprint density at radius 1 is 0.935 bits per heavy atom. The molecule has 0 radical (unpaired) electrons. The average Bonchev–Trinajstić information content (AvgIpc) is 2.76. The topological polar surface area (TPSA) is 61.8 Å². The van der Waals surface area contributed by atoms with Crippen LogP contribution in [0.4, 0.5) is 0 Å². The van der Waals surface area contributed by atoms with E-state index in [-0.39, 0.29) is 11.8 Å². The van der Waals surface area contributed by atoms with Gasteiger partial charge in [0.25, 0.3) is 0 Å². The van der Waals surface area contributed by atoms with Crippen LogP contribution >= 0.6 is 0 Å². The van der Waals surface area contributed by atoms with Crippen LogP contribution in [0.15, 0.2) is 36.4 Å². The summed E-state index contributed by atoms with van der Waals surface area (Å²) in [5.74, 6) is 1.21. The molecule has 172 valence electrons. The number of ether oxygens (including phenoxy) is 3. The molecule has 0 saturated carbocycles. The number of ketones is 1. The molecule has 0 bridgehead atoms. The van der Waals surface area contributed by atoms with E-state index in [2.05, 4.69) is 6.58 Å². The Morgan fingerprint density at radius 3 is 2.32 bits per heavy atom. The Balaban J connectivity index is 2.25. The van der Waals surface area contributed by atoms with Crippen molar-refractivity contribution in [2.75, 3.05) is 19.8 Å². The summed E-state index contributed by atoms with van der Waals surface area (Å²) < 4.78 is 16.6. The SMILES string of the molecule is C=C(C)C(=O)CCCCCCCCOC(=O)/C=C/c1ccc(OCC)c(OCCC)c1. The standard InChI is InChI=1S/C26H38O5/c1-5-18-30-25-20-22(14-16-24(25)29-6-2)15-17-26(28)31-19-12-10-8-7-9-11-13-23(27)21(3)4/h14-17,20H,3,5-13,18-19H2,1-2,4H3/b17-15+. The van der Waals surface area contributed by atoms with E-state index in [1.807, 2.05) is 32.0 Å². The molecule has 0 aliphatic carbocycles. The molecular weight excluding hydrogens is 392 g/mol. The first-order valence-electron chi connectivity index (χ1n) is 11.4. The zero-order valence-electron chi connectivity index (χ0n) is 19.4. The number of hydrogen-bond acceptors (Lipinski definition) is 5. The van der Waals surface area contributed by atoms with Crippen molar-refractivity contribution in [1.82, 2.24) is 0 Å². The van der Waals surface area contributed by atoms with Crippen LogP contribution in [-0.2, 0) is 14.3 Å². The monoisotopic (exact) mass is 430 g/mol. The maximum absolute atomic E-state index is 11.9. The fourth-order valence-electron chi connectivity index (χ4n) is 2.92. The smallest absolute Gasteiger partial charge is 0.330 e. The Morgan fingerprint density at radius 2 is 1.65 bits per heavy atom. The number of Topliss-reactive ketones (excluding diaryl/α,β-unsaturated/α-hetero) is 1. The van der Waals surface area contributed by atoms with Crippen LogP contribution in [-0.4, -0.2) is 31.6 Å². The fourth-order valence-corrected chi connectivity index (χ4v) is 2.92. The second-order valence-corrected chi connectivity index (χ2v) is 7.56. The van der Waals surface area contributed by atoms with Gasteiger partial charge in [-0.15, -0.1) is 0 Å². The van der Waals surface area contributed by atoms with E-state index in [1.165, 1.54) is 6.08 Å². The lowest BCUT2D eigenvalue weighted by atomic mass is 10.1. The van der Waals surface area contributed by atoms with E-state index in [4.69, 9.17) is 14.2 Å². The summed E-state index contributed by atoms with van der Waals surface area (Å²) in [5.41, 5.74) is 1.50. The van der Waals surface area contributed by atoms with Gasteiger partial charge in [0, 0.05) is 12.5 Å². The highest BCUT2D eigenvalue weighted by atomic mass is 16.5.